The zero-order chi connectivity index (χ0) is 17.1. The lowest BCUT2D eigenvalue weighted by Crippen LogP contribution is -2.29. The maximum absolute atomic E-state index is 12.2. The number of amides is 2. The number of hydrogen-bond donors (Lipinski definition) is 1. The molecule has 0 spiro atoms. The van der Waals surface area contributed by atoms with Gasteiger partial charge in [-0.05, 0) is 36.8 Å². The van der Waals surface area contributed by atoms with Crippen LogP contribution in [-0.2, 0) is 11.3 Å². The van der Waals surface area contributed by atoms with E-state index >= 15 is 0 Å². The molecule has 1 atom stereocenters. The molecule has 7 heteroatoms. The minimum Gasteiger partial charge on any atom is -0.346 e. The van der Waals surface area contributed by atoms with Gasteiger partial charge in [0.25, 0.3) is 5.91 Å². The van der Waals surface area contributed by atoms with Crippen molar-refractivity contribution < 1.29 is 9.59 Å². The zero-order valence-electron chi connectivity index (χ0n) is 13.8. The highest BCUT2D eigenvalue weighted by atomic mass is 32.1. The highest BCUT2D eigenvalue weighted by molar-refractivity contribution is 7.12. The molecule has 1 fully saturated rings. The fourth-order valence-electron chi connectivity index (χ4n) is 2.98. The van der Waals surface area contributed by atoms with Crippen LogP contribution in [0.25, 0.3) is 0 Å². The molecule has 3 heterocycles. The number of hydrogen-bond acceptors (Lipinski definition) is 5. The summed E-state index contributed by atoms with van der Waals surface area (Å²) in [5.74, 6) is -0.0351. The highest BCUT2D eigenvalue weighted by Gasteiger charge is 2.29. The quantitative estimate of drug-likeness (QED) is 0.924. The van der Waals surface area contributed by atoms with Gasteiger partial charge in [0.15, 0.2) is 0 Å². The molecule has 0 radical (unpaired) electrons. The number of rotatable bonds is 4. The van der Waals surface area contributed by atoms with Gasteiger partial charge < -0.3 is 10.2 Å². The summed E-state index contributed by atoms with van der Waals surface area (Å²) in [5, 5.41) is 4.79. The first kappa shape index (κ1) is 16.6. The second-order valence-corrected chi connectivity index (χ2v) is 6.84. The molecule has 2 aromatic rings. The van der Waals surface area contributed by atoms with Crippen molar-refractivity contribution in [1.82, 2.24) is 20.2 Å². The monoisotopic (exact) mass is 344 g/mol. The van der Waals surface area contributed by atoms with E-state index in [4.69, 9.17) is 0 Å². The van der Waals surface area contributed by atoms with Gasteiger partial charge in [0.05, 0.1) is 41.2 Å². The summed E-state index contributed by atoms with van der Waals surface area (Å²) in [7, 11) is 0. The minimum absolute atomic E-state index is 0.00908. The number of nitrogens with zero attached hydrogens (tertiary/aromatic N) is 3. The summed E-state index contributed by atoms with van der Waals surface area (Å²) in [6.07, 6.45) is 5.24. The topological polar surface area (TPSA) is 75.2 Å². The van der Waals surface area contributed by atoms with Gasteiger partial charge in [0, 0.05) is 13.5 Å². The molecule has 1 saturated heterocycles. The number of thiophene rings is 1. The van der Waals surface area contributed by atoms with Gasteiger partial charge in [-0.25, -0.2) is 0 Å². The van der Waals surface area contributed by atoms with E-state index in [0.717, 1.165) is 35.5 Å². The van der Waals surface area contributed by atoms with Crippen molar-refractivity contribution >= 4 is 23.2 Å². The van der Waals surface area contributed by atoms with E-state index < -0.39 is 0 Å². The molecule has 0 bridgehead atoms. The molecule has 0 aromatic carbocycles. The maximum atomic E-state index is 12.2. The highest BCUT2D eigenvalue weighted by Crippen LogP contribution is 2.30. The largest absolute Gasteiger partial charge is 0.346 e. The predicted molar refractivity (Wildman–Crippen MR) is 91.6 cm³/mol. The van der Waals surface area contributed by atoms with E-state index in [1.54, 1.807) is 19.3 Å². The first-order valence-electron chi connectivity index (χ1n) is 7.96. The standard InChI is InChI=1S/C17H20N4O2S/c1-11-5-7-24-16(11)17(23)19-9-13-8-18-10-14(20-13)15-4-3-6-21(15)12(2)22/h5,7-8,10,15H,3-4,6,9H2,1-2H3,(H,19,23)/t15-/m1/s1. The normalized spacial score (nSPS) is 17.1. The van der Waals surface area contributed by atoms with E-state index in [9.17, 15) is 9.59 Å². The van der Waals surface area contributed by atoms with Crippen LogP contribution in [0.3, 0.4) is 0 Å². The van der Waals surface area contributed by atoms with Crippen LogP contribution in [-0.4, -0.2) is 33.2 Å². The van der Waals surface area contributed by atoms with E-state index in [1.165, 1.54) is 11.3 Å². The summed E-state index contributed by atoms with van der Waals surface area (Å²) in [5.41, 5.74) is 2.47. The van der Waals surface area contributed by atoms with Crippen molar-refractivity contribution in [3.63, 3.8) is 0 Å². The lowest BCUT2D eigenvalue weighted by atomic mass is 10.1. The third kappa shape index (κ3) is 3.46. The van der Waals surface area contributed by atoms with Crippen LogP contribution in [0.5, 0.6) is 0 Å². The average Bonchev–Trinajstić information content (AvgIpc) is 3.21. The van der Waals surface area contributed by atoms with E-state index in [-0.39, 0.29) is 17.9 Å². The molecule has 0 aliphatic carbocycles. The van der Waals surface area contributed by atoms with Gasteiger partial charge >= 0.3 is 0 Å². The first-order valence-corrected chi connectivity index (χ1v) is 8.84. The Hall–Kier alpha value is -2.28. The maximum Gasteiger partial charge on any atom is 0.261 e. The van der Waals surface area contributed by atoms with Gasteiger partial charge in [-0.2, -0.15) is 0 Å². The van der Waals surface area contributed by atoms with Gasteiger partial charge in [0.2, 0.25) is 5.91 Å². The SMILES string of the molecule is CC(=O)N1CCC[C@@H]1c1cncc(CNC(=O)c2sccc2C)n1. The molecular formula is C17H20N4O2S. The molecule has 2 amide bonds. The van der Waals surface area contributed by atoms with Crippen LogP contribution in [0.2, 0.25) is 0 Å². The number of aryl methyl sites for hydroxylation is 1. The Morgan fingerprint density at radius 2 is 2.25 bits per heavy atom. The summed E-state index contributed by atoms with van der Waals surface area (Å²) in [4.78, 5) is 35.3. The molecule has 1 aliphatic rings. The van der Waals surface area contributed by atoms with Crippen molar-refractivity contribution in [1.29, 1.82) is 0 Å². The van der Waals surface area contributed by atoms with E-state index in [1.807, 2.05) is 23.3 Å². The minimum atomic E-state index is -0.0964. The van der Waals surface area contributed by atoms with Gasteiger partial charge in [-0.3, -0.25) is 19.6 Å². The zero-order valence-corrected chi connectivity index (χ0v) is 14.6. The Balaban J connectivity index is 1.68. The van der Waals surface area contributed by atoms with Gasteiger partial charge in [-0.15, -0.1) is 11.3 Å². The van der Waals surface area contributed by atoms with Crippen molar-refractivity contribution in [2.75, 3.05) is 6.54 Å². The number of nitrogens with one attached hydrogen (secondary N) is 1. The van der Waals surface area contributed by atoms with Crippen molar-refractivity contribution in [2.24, 2.45) is 0 Å². The molecule has 3 rings (SSSR count). The van der Waals surface area contributed by atoms with Crippen LogP contribution in [0.4, 0.5) is 0 Å². The van der Waals surface area contributed by atoms with Crippen molar-refractivity contribution in [3.05, 3.63) is 45.7 Å². The molecule has 1 aliphatic heterocycles. The first-order chi connectivity index (χ1) is 11.6. The van der Waals surface area contributed by atoms with Gasteiger partial charge in [-0.1, -0.05) is 0 Å². The molecule has 1 N–H and O–H groups in total. The van der Waals surface area contributed by atoms with Crippen molar-refractivity contribution in [3.8, 4) is 0 Å². The fourth-order valence-corrected chi connectivity index (χ4v) is 3.82. The van der Waals surface area contributed by atoms with Crippen LogP contribution >= 0.6 is 11.3 Å². The lowest BCUT2D eigenvalue weighted by molar-refractivity contribution is -0.129. The Morgan fingerprint density at radius 1 is 1.42 bits per heavy atom. The molecule has 0 saturated carbocycles. The molecular weight excluding hydrogens is 324 g/mol. The molecule has 6 nitrogen and oxygen atoms in total. The van der Waals surface area contributed by atoms with Crippen LogP contribution in [0.15, 0.2) is 23.8 Å². The third-order valence-electron chi connectivity index (χ3n) is 4.20. The van der Waals surface area contributed by atoms with Crippen LogP contribution in [0.1, 0.15) is 52.4 Å². The molecule has 0 unspecified atom stereocenters. The van der Waals surface area contributed by atoms with Gasteiger partial charge in [0.1, 0.15) is 0 Å². The Morgan fingerprint density at radius 3 is 2.96 bits per heavy atom. The van der Waals surface area contributed by atoms with Crippen LogP contribution < -0.4 is 5.32 Å². The summed E-state index contributed by atoms with van der Waals surface area (Å²) in [6.45, 7) is 4.59. The average molecular weight is 344 g/mol. The molecule has 24 heavy (non-hydrogen) atoms. The smallest absolute Gasteiger partial charge is 0.261 e. The number of carbonyl (C=O) groups excluding carboxylic acids is 2. The number of carbonyl (C=O) groups is 2. The molecule has 2 aromatic heterocycles. The van der Waals surface area contributed by atoms with Crippen molar-refractivity contribution in [2.45, 2.75) is 39.3 Å². The summed E-state index contributed by atoms with van der Waals surface area (Å²) < 4.78 is 0. The van der Waals surface area contributed by atoms with E-state index in [2.05, 4.69) is 15.3 Å². The third-order valence-corrected chi connectivity index (χ3v) is 5.22. The Kier molecular flexibility index (Phi) is 4.89. The van der Waals surface area contributed by atoms with E-state index in [0.29, 0.717) is 12.2 Å². The second-order valence-electron chi connectivity index (χ2n) is 5.92. The fraction of sp³-hybridized carbons (Fsp3) is 0.412. The predicted octanol–water partition coefficient (Wildman–Crippen LogP) is 2.46. The second kappa shape index (κ2) is 7.09. The number of likely N-dealkylation sites (tertiary alicyclic amines) is 1. The Bertz CT molecular complexity index is 759. The van der Waals surface area contributed by atoms with Crippen LogP contribution in [0, 0.1) is 6.92 Å². The lowest BCUT2D eigenvalue weighted by Gasteiger charge is -2.22. The molecule has 126 valence electrons. The summed E-state index contributed by atoms with van der Waals surface area (Å²) >= 11 is 1.43. The Labute approximate surface area is 144 Å². The summed E-state index contributed by atoms with van der Waals surface area (Å²) in [6, 6.07) is 1.92. The number of aromatic nitrogens is 2.